The van der Waals surface area contributed by atoms with E-state index in [2.05, 4.69) is 0 Å². The van der Waals surface area contributed by atoms with Crippen LogP contribution in [0.2, 0.25) is 0 Å². The SMILES string of the molecule is O=C(O)CCCCCCn1c(=O)sc2ccccc21. The second-order valence-corrected chi connectivity index (χ2v) is 5.54. The molecule has 0 bridgehead atoms. The molecule has 19 heavy (non-hydrogen) atoms. The van der Waals surface area contributed by atoms with E-state index in [-0.39, 0.29) is 11.3 Å². The van der Waals surface area contributed by atoms with Gasteiger partial charge in [0, 0.05) is 13.0 Å². The largest absolute Gasteiger partial charge is 0.481 e. The summed E-state index contributed by atoms with van der Waals surface area (Å²) in [5.74, 6) is -0.736. The second kappa shape index (κ2) is 6.52. The standard InChI is InChI=1S/C14H17NO3S/c16-13(17)9-3-1-2-6-10-15-11-7-4-5-8-12(11)19-14(15)18/h4-5,7-8H,1-3,6,9-10H2,(H,16,17). The number of aliphatic carboxylic acids is 1. The van der Waals surface area contributed by atoms with Gasteiger partial charge in [0.25, 0.3) is 0 Å². The van der Waals surface area contributed by atoms with Gasteiger partial charge in [-0.25, -0.2) is 0 Å². The average Bonchev–Trinajstić information content (AvgIpc) is 2.69. The summed E-state index contributed by atoms with van der Waals surface area (Å²) in [7, 11) is 0. The molecule has 2 aromatic rings. The molecule has 0 aliphatic rings. The van der Waals surface area contributed by atoms with Crippen molar-refractivity contribution in [3.8, 4) is 0 Å². The van der Waals surface area contributed by atoms with Crippen molar-refractivity contribution >= 4 is 27.5 Å². The van der Waals surface area contributed by atoms with Gasteiger partial charge in [-0.2, -0.15) is 0 Å². The van der Waals surface area contributed by atoms with E-state index < -0.39 is 5.97 Å². The molecule has 1 aromatic carbocycles. The van der Waals surface area contributed by atoms with Crippen LogP contribution in [-0.4, -0.2) is 15.6 Å². The minimum Gasteiger partial charge on any atom is -0.481 e. The average molecular weight is 279 g/mol. The zero-order valence-corrected chi connectivity index (χ0v) is 11.5. The number of rotatable bonds is 7. The molecule has 0 atom stereocenters. The fourth-order valence-electron chi connectivity index (χ4n) is 2.13. The summed E-state index contributed by atoms with van der Waals surface area (Å²) in [6.07, 6.45) is 3.74. The molecule has 0 fully saturated rings. The summed E-state index contributed by atoms with van der Waals surface area (Å²) in [5.41, 5.74) is 1.00. The molecule has 1 heterocycles. The molecule has 0 saturated carbocycles. The highest BCUT2D eigenvalue weighted by molar-refractivity contribution is 7.16. The lowest BCUT2D eigenvalue weighted by Gasteiger charge is -2.03. The molecule has 5 heteroatoms. The molecule has 0 unspecified atom stereocenters. The predicted molar refractivity (Wildman–Crippen MR) is 76.8 cm³/mol. The molecule has 0 saturated heterocycles. The number of aromatic nitrogens is 1. The summed E-state index contributed by atoms with van der Waals surface area (Å²) in [6, 6.07) is 7.81. The van der Waals surface area contributed by atoms with E-state index in [0.29, 0.717) is 6.42 Å². The number of hydrogen-bond acceptors (Lipinski definition) is 3. The Labute approximate surface area is 115 Å². The number of thiazole rings is 1. The summed E-state index contributed by atoms with van der Waals surface area (Å²) in [6.45, 7) is 0.718. The summed E-state index contributed by atoms with van der Waals surface area (Å²) < 4.78 is 2.84. The number of carboxylic acids is 1. The van der Waals surface area contributed by atoms with E-state index >= 15 is 0 Å². The van der Waals surface area contributed by atoms with Crippen molar-refractivity contribution in [3.63, 3.8) is 0 Å². The molecular weight excluding hydrogens is 262 g/mol. The van der Waals surface area contributed by atoms with E-state index in [1.807, 2.05) is 28.8 Å². The summed E-state index contributed by atoms with van der Waals surface area (Å²) >= 11 is 1.28. The van der Waals surface area contributed by atoms with Gasteiger partial charge in [-0.15, -0.1) is 0 Å². The van der Waals surface area contributed by atoms with Gasteiger partial charge in [0.2, 0.25) is 0 Å². The lowest BCUT2D eigenvalue weighted by Crippen LogP contribution is -2.12. The maximum absolute atomic E-state index is 11.9. The number of hydrogen-bond donors (Lipinski definition) is 1. The molecule has 4 nitrogen and oxygen atoms in total. The molecule has 0 radical (unpaired) electrons. The third kappa shape index (κ3) is 3.67. The van der Waals surface area contributed by atoms with E-state index in [1.54, 1.807) is 0 Å². The van der Waals surface area contributed by atoms with E-state index in [4.69, 9.17) is 5.11 Å². The normalized spacial score (nSPS) is 10.9. The van der Waals surface area contributed by atoms with Crippen LogP contribution in [0.5, 0.6) is 0 Å². The van der Waals surface area contributed by atoms with Gasteiger partial charge in [0.1, 0.15) is 0 Å². The van der Waals surface area contributed by atoms with Gasteiger partial charge in [-0.1, -0.05) is 36.3 Å². The Hall–Kier alpha value is -1.62. The number of carbonyl (C=O) groups is 1. The van der Waals surface area contributed by atoms with Gasteiger partial charge in [0.15, 0.2) is 0 Å². The van der Waals surface area contributed by atoms with Crippen LogP contribution in [0.3, 0.4) is 0 Å². The van der Waals surface area contributed by atoms with Gasteiger partial charge < -0.3 is 5.11 Å². The molecule has 2 rings (SSSR count). The van der Waals surface area contributed by atoms with Gasteiger partial charge in [0.05, 0.1) is 10.2 Å². The molecule has 0 amide bonds. The van der Waals surface area contributed by atoms with E-state index in [0.717, 1.165) is 36.0 Å². The highest BCUT2D eigenvalue weighted by Gasteiger charge is 2.05. The number of benzene rings is 1. The lowest BCUT2D eigenvalue weighted by atomic mass is 10.1. The van der Waals surface area contributed by atoms with Crippen LogP contribution in [0.25, 0.3) is 10.2 Å². The Balaban J connectivity index is 1.86. The summed E-state index contributed by atoms with van der Waals surface area (Å²) in [5, 5.41) is 8.53. The van der Waals surface area contributed by atoms with Crippen molar-refractivity contribution in [1.82, 2.24) is 4.57 Å². The number of fused-ring (bicyclic) bond motifs is 1. The number of nitrogens with zero attached hydrogens (tertiary/aromatic N) is 1. The molecule has 1 N–H and O–H groups in total. The minimum absolute atomic E-state index is 0.0896. The van der Waals surface area contributed by atoms with Crippen molar-refractivity contribution in [3.05, 3.63) is 33.9 Å². The van der Waals surface area contributed by atoms with E-state index in [9.17, 15) is 9.59 Å². The highest BCUT2D eigenvalue weighted by Crippen LogP contribution is 2.17. The number of aryl methyl sites for hydroxylation is 1. The van der Waals surface area contributed by atoms with Crippen molar-refractivity contribution < 1.29 is 9.90 Å². The zero-order valence-electron chi connectivity index (χ0n) is 10.7. The molecule has 1 aromatic heterocycles. The lowest BCUT2D eigenvalue weighted by molar-refractivity contribution is -0.137. The highest BCUT2D eigenvalue weighted by atomic mass is 32.1. The Morgan fingerprint density at radius 1 is 1.16 bits per heavy atom. The van der Waals surface area contributed by atoms with Crippen molar-refractivity contribution in [2.24, 2.45) is 0 Å². The van der Waals surface area contributed by atoms with E-state index in [1.165, 1.54) is 11.3 Å². The molecule has 0 aliphatic carbocycles. The quantitative estimate of drug-likeness (QED) is 0.792. The van der Waals surface area contributed by atoms with Crippen LogP contribution in [-0.2, 0) is 11.3 Å². The molecule has 0 aliphatic heterocycles. The monoisotopic (exact) mass is 279 g/mol. The Morgan fingerprint density at radius 2 is 1.89 bits per heavy atom. The van der Waals surface area contributed by atoms with Gasteiger partial charge >= 0.3 is 10.8 Å². The second-order valence-electron chi connectivity index (χ2n) is 4.55. The number of para-hydroxylation sites is 1. The van der Waals surface area contributed by atoms with Crippen molar-refractivity contribution in [2.45, 2.75) is 38.6 Å². The predicted octanol–water partition coefficient (Wildman–Crippen LogP) is 3.10. The summed E-state index contributed by atoms with van der Waals surface area (Å²) in [4.78, 5) is 22.3. The van der Waals surface area contributed by atoms with Crippen molar-refractivity contribution in [1.29, 1.82) is 0 Å². The first-order valence-electron chi connectivity index (χ1n) is 6.48. The number of unbranched alkanes of at least 4 members (excludes halogenated alkanes) is 3. The molecule has 0 spiro atoms. The first-order chi connectivity index (χ1) is 9.18. The fourth-order valence-corrected chi connectivity index (χ4v) is 3.04. The van der Waals surface area contributed by atoms with Crippen LogP contribution < -0.4 is 4.87 Å². The first-order valence-corrected chi connectivity index (χ1v) is 7.30. The van der Waals surface area contributed by atoms with Gasteiger partial charge in [-0.3, -0.25) is 14.2 Å². The first kappa shape index (κ1) is 13.8. The fraction of sp³-hybridized carbons (Fsp3) is 0.429. The minimum atomic E-state index is -0.736. The third-order valence-corrected chi connectivity index (χ3v) is 4.06. The Bertz CT molecular complexity index is 614. The molecule has 102 valence electrons. The maximum atomic E-state index is 11.9. The third-order valence-electron chi connectivity index (χ3n) is 3.10. The van der Waals surface area contributed by atoms with Crippen LogP contribution in [0.4, 0.5) is 0 Å². The van der Waals surface area contributed by atoms with Crippen LogP contribution in [0.1, 0.15) is 32.1 Å². The number of carboxylic acid groups (broad SMARTS) is 1. The Kier molecular flexibility index (Phi) is 4.74. The van der Waals surface area contributed by atoms with Gasteiger partial charge in [-0.05, 0) is 25.0 Å². The van der Waals surface area contributed by atoms with Crippen molar-refractivity contribution in [2.75, 3.05) is 0 Å². The van der Waals surface area contributed by atoms with Crippen LogP contribution in [0.15, 0.2) is 29.1 Å². The smallest absolute Gasteiger partial charge is 0.308 e. The Morgan fingerprint density at radius 3 is 2.68 bits per heavy atom. The topological polar surface area (TPSA) is 59.3 Å². The maximum Gasteiger partial charge on any atom is 0.308 e. The molecular formula is C14H17NO3S. The zero-order chi connectivity index (χ0) is 13.7. The van der Waals surface area contributed by atoms with Crippen LogP contribution in [0, 0.1) is 0 Å². The van der Waals surface area contributed by atoms with Crippen LogP contribution >= 0.6 is 11.3 Å².